The molecule has 0 radical (unpaired) electrons. The SMILES string of the molecule is CNC(C(C#N)C#N)N1CCN(CC(=O)N2CCCC2)CC1. The van der Waals surface area contributed by atoms with Crippen LogP contribution in [0.15, 0.2) is 0 Å². The van der Waals surface area contributed by atoms with Crippen molar-refractivity contribution < 1.29 is 4.79 Å². The molecule has 2 saturated heterocycles. The molecule has 0 aromatic carbocycles. The van der Waals surface area contributed by atoms with Crippen molar-refractivity contribution in [2.24, 2.45) is 5.92 Å². The number of likely N-dealkylation sites (tertiary alicyclic amines) is 1. The summed E-state index contributed by atoms with van der Waals surface area (Å²) in [7, 11) is 1.77. The number of rotatable bonds is 5. The van der Waals surface area contributed by atoms with Gasteiger partial charge in [0.25, 0.3) is 0 Å². The molecule has 2 fully saturated rings. The van der Waals surface area contributed by atoms with E-state index in [4.69, 9.17) is 10.5 Å². The molecule has 2 heterocycles. The maximum Gasteiger partial charge on any atom is 0.236 e. The van der Waals surface area contributed by atoms with Crippen LogP contribution in [-0.4, -0.2) is 79.6 Å². The van der Waals surface area contributed by atoms with Crippen LogP contribution in [-0.2, 0) is 4.79 Å². The second-order valence-corrected chi connectivity index (χ2v) is 5.87. The van der Waals surface area contributed by atoms with Crippen LogP contribution in [0.25, 0.3) is 0 Å². The van der Waals surface area contributed by atoms with Crippen LogP contribution >= 0.6 is 0 Å². The molecule has 2 rings (SSSR count). The zero-order valence-electron chi connectivity index (χ0n) is 13.2. The Morgan fingerprint density at radius 1 is 1.09 bits per heavy atom. The number of carbonyl (C=O) groups excluding carboxylic acids is 1. The summed E-state index contributed by atoms with van der Waals surface area (Å²) < 4.78 is 0. The van der Waals surface area contributed by atoms with Crippen molar-refractivity contribution >= 4 is 5.91 Å². The first-order chi connectivity index (χ1) is 10.7. The molecule has 7 nitrogen and oxygen atoms in total. The van der Waals surface area contributed by atoms with Crippen molar-refractivity contribution in [2.45, 2.75) is 19.0 Å². The Morgan fingerprint density at radius 2 is 1.68 bits per heavy atom. The lowest BCUT2D eigenvalue weighted by Crippen LogP contribution is -2.57. The van der Waals surface area contributed by atoms with Crippen LogP contribution in [0.4, 0.5) is 0 Å². The van der Waals surface area contributed by atoms with Gasteiger partial charge in [-0.3, -0.25) is 14.6 Å². The lowest BCUT2D eigenvalue weighted by Gasteiger charge is -2.39. The zero-order valence-corrected chi connectivity index (χ0v) is 13.2. The molecule has 0 spiro atoms. The summed E-state index contributed by atoms with van der Waals surface area (Å²) in [6.45, 7) is 5.39. The zero-order chi connectivity index (χ0) is 15.9. The summed E-state index contributed by atoms with van der Waals surface area (Å²) in [5, 5.41) is 21.2. The highest BCUT2D eigenvalue weighted by atomic mass is 16.2. The molecule has 22 heavy (non-hydrogen) atoms. The second kappa shape index (κ2) is 8.09. The van der Waals surface area contributed by atoms with E-state index in [-0.39, 0.29) is 12.1 Å². The smallest absolute Gasteiger partial charge is 0.236 e. The van der Waals surface area contributed by atoms with Gasteiger partial charge in [0, 0.05) is 39.3 Å². The molecular formula is C15H24N6O. The summed E-state index contributed by atoms with van der Waals surface area (Å²) in [5.74, 6) is -0.453. The standard InChI is InChI=1S/C15H24N6O/c1-18-15(13(10-16)11-17)21-8-6-19(7-9-21)12-14(22)20-4-2-3-5-20/h13,15,18H,2-9,12H2,1H3. The van der Waals surface area contributed by atoms with Gasteiger partial charge in [-0.05, 0) is 19.9 Å². The van der Waals surface area contributed by atoms with Crippen LogP contribution in [0.1, 0.15) is 12.8 Å². The number of amides is 1. The van der Waals surface area contributed by atoms with Gasteiger partial charge in [0.15, 0.2) is 5.92 Å². The van der Waals surface area contributed by atoms with Gasteiger partial charge in [-0.25, -0.2) is 0 Å². The van der Waals surface area contributed by atoms with E-state index in [9.17, 15) is 4.79 Å². The van der Waals surface area contributed by atoms with E-state index in [2.05, 4.69) is 15.1 Å². The summed E-state index contributed by atoms with van der Waals surface area (Å²) in [6, 6.07) is 4.08. The van der Waals surface area contributed by atoms with Crippen LogP contribution < -0.4 is 5.32 Å². The third-order valence-corrected chi connectivity index (χ3v) is 4.51. The molecule has 0 saturated carbocycles. The van der Waals surface area contributed by atoms with Crippen LogP contribution in [0.3, 0.4) is 0 Å². The number of hydrogen-bond donors (Lipinski definition) is 1. The molecule has 7 heteroatoms. The lowest BCUT2D eigenvalue weighted by molar-refractivity contribution is -0.131. The fourth-order valence-electron chi connectivity index (χ4n) is 3.19. The number of nitrogens with one attached hydrogen (secondary N) is 1. The molecule has 2 aliphatic rings. The van der Waals surface area contributed by atoms with Crippen molar-refractivity contribution in [3.8, 4) is 12.1 Å². The highest BCUT2D eigenvalue weighted by Gasteiger charge is 2.30. The molecule has 1 N–H and O–H groups in total. The highest BCUT2D eigenvalue weighted by Crippen LogP contribution is 2.13. The minimum atomic E-state index is -0.678. The largest absolute Gasteiger partial charge is 0.342 e. The predicted octanol–water partition coefficient (Wildman–Crippen LogP) is -0.565. The van der Waals surface area contributed by atoms with Crippen molar-refractivity contribution in [2.75, 3.05) is 52.9 Å². The normalized spacial score (nSPS) is 21.5. The molecule has 0 aliphatic carbocycles. The van der Waals surface area contributed by atoms with E-state index in [1.165, 1.54) is 0 Å². The monoisotopic (exact) mass is 304 g/mol. The Hall–Kier alpha value is -1.67. The molecule has 1 amide bonds. The minimum absolute atomic E-state index is 0.225. The Kier molecular flexibility index (Phi) is 6.14. The first-order valence-electron chi connectivity index (χ1n) is 7.90. The number of piperazine rings is 1. The van der Waals surface area contributed by atoms with Crippen molar-refractivity contribution in [1.82, 2.24) is 20.0 Å². The summed E-state index contributed by atoms with van der Waals surface area (Å²) in [4.78, 5) is 18.4. The molecular weight excluding hydrogens is 280 g/mol. The number of carbonyl (C=O) groups is 1. The molecule has 120 valence electrons. The molecule has 0 aromatic rings. The van der Waals surface area contributed by atoms with E-state index in [1.807, 2.05) is 17.0 Å². The Balaban J connectivity index is 1.81. The van der Waals surface area contributed by atoms with Gasteiger partial charge in [0.05, 0.1) is 24.8 Å². The topological polar surface area (TPSA) is 86.4 Å². The van der Waals surface area contributed by atoms with Gasteiger partial charge in [0.1, 0.15) is 0 Å². The third kappa shape index (κ3) is 3.95. The lowest BCUT2D eigenvalue weighted by atomic mass is 10.1. The van der Waals surface area contributed by atoms with E-state index in [0.717, 1.165) is 52.1 Å². The average Bonchev–Trinajstić information content (AvgIpc) is 3.08. The van der Waals surface area contributed by atoms with Crippen molar-refractivity contribution in [3.63, 3.8) is 0 Å². The number of hydrogen-bond acceptors (Lipinski definition) is 6. The van der Waals surface area contributed by atoms with Crippen LogP contribution in [0.2, 0.25) is 0 Å². The number of nitrogens with zero attached hydrogens (tertiary/aromatic N) is 5. The Morgan fingerprint density at radius 3 is 2.18 bits per heavy atom. The fraction of sp³-hybridized carbons (Fsp3) is 0.800. The maximum atomic E-state index is 12.2. The van der Waals surface area contributed by atoms with E-state index < -0.39 is 5.92 Å². The number of nitriles is 2. The van der Waals surface area contributed by atoms with Crippen molar-refractivity contribution in [3.05, 3.63) is 0 Å². The molecule has 2 aliphatic heterocycles. The van der Waals surface area contributed by atoms with Gasteiger partial charge in [-0.1, -0.05) is 0 Å². The summed E-state index contributed by atoms with van der Waals surface area (Å²) in [5.41, 5.74) is 0. The minimum Gasteiger partial charge on any atom is -0.342 e. The summed E-state index contributed by atoms with van der Waals surface area (Å²) in [6.07, 6.45) is 1.99. The van der Waals surface area contributed by atoms with Crippen LogP contribution in [0.5, 0.6) is 0 Å². The third-order valence-electron chi connectivity index (χ3n) is 4.51. The first kappa shape index (κ1) is 16.7. The quantitative estimate of drug-likeness (QED) is 0.732. The molecule has 1 atom stereocenters. The molecule has 1 unspecified atom stereocenters. The Bertz CT molecular complexity index is 440. The van der Waals surface area contributed by atoms with Gasteiger partial charge >= 0.3 is 0 Å². The highest BCUT2D eigenvalue weighted by molar-refractivity contribution is 5.78. The molecule has 0 aromatic heterocycles. The first-order valence-corrected chi connectivity index (χ1v) is 7.90. The van der Waals surface area contributed by atoms with Gasteiger partial charge in [-0.2, -0.15) is 10.5 Å². The second-order valence-electron chi connectivity index (χ2n) is 5.87. The van der Waals surface area contributed by atoms with Gasteiger partial charge < -0.3 is 10.2 Å². The fourth-order valence-corrected chi connectivity index (χ4v) is 3.19. The van der Waals surface area contributed by atoms with Crippen LogP contribution in [0, 0.1) is 28.6 Å². The summed E-state index contributed by atoms with van der Waals surface area (Å²) >= 11 is 0. The average molecular weight is 304 g/mol. The Labute approximate surface area is 132 Å². The van der Waals surface area contributed by atoms with Gasteiger partial charge in [0.2, 0.25) is 5.91 Å². The maximum absolute atomic E-state index is 12.2. The van der Waals surface area contributed by atoms with E-state index >= 15 is 0 Å². The van der Waals surface area contributed by atoms with E-state index in [1.54, 1.807) is 7.05 Å². The predicted molar refractivity (Wildman–Crippen MR) is 81.4 cm³/mol. The molecule has 0 bridgehead atoms. The van der Waals surface area contributed by atoms with E-state index in [0.29, 0.717) is 6.54 Å². The van der Waals surface area contributed by atoms with Crippen molar-refractivity contribution in [1.29, 1.82) is 10.5 Å². The van der Waals surface area contributed by atoms with Gasteiger partial charge in [-0.15, -0.1) is 0 Å².